The molecular weight excluding hydrogens is 249 g/mol. The first kappa shape index (κ1) is 13.2. The predicted molar refractivity (Wildman–Crippen MR) is 69.4 cm³/mol. The molecule has 2 N–H and O–H groups in total. The third kappa shape index (κ3) is 3.60. The average molecular weight is 265 g/mol. The zero-order valence-electron chi connectivity index (χ0n) is 10.9. The van der Waals surface area contributed by atoms with Gasteiger partial charge < -0.3 is 10.6 Å². The number of hydrogen-bond donors (Lipinski definition) is 2. The van der Waals surface area contributed by atoms with Crippen LogP contribution in [-0.2, 0) is 13.5 Å². The van der Waals surface area contributed by atoms with Gasteiger partial charge in [-0.15, -0.1) is 0 Å². The summed E-state index contributed by atoms with van der Waals surface area (Å²) in [4.78, 5) is 12.0. The van der Waals surface area contributed by atoms with Gasteiger partial charge in [-0.3, -0.25) is 4.68 Å². The van der Waals surface area contributed by atoms with Crippen molar-refractivity contribution in [3.63, 3.8) is 0 Å². The molecule has 19 heavy (non-hydrogen) atoms. The molecule has 2 rings (SSSR count). The fourth-order valence-electron chi connectivity index (χ4n) is 1.53. The van der Waals surface area contributed by atoms with Gasteiger partial charge in [-0.2, -0.15) is 10.1 Å². The fraction of sp³-hybridized carbons (Fsp3) is 0.455. The van der Waals surface area contributed by atoms with Crippen LogP contribution in [0.5, 0.6) is 0 Å². The maximum atomic E-state index is 13.5. The van der Waals surface area contributed by atoms with E-state index >= 15 is 0 Å². The lowest BCUT2D eigenvalue weighted by Gasteiger charge is -2.07. The Morgan fingerprint density at radius 1 is 1.32 bits per heavy atom. The summed E-state index contributed by atoms with van der Waals surface area (Å²) in [6.45, 7) is 3.11. The van der Waals surface area contributed by atoms with Gasteiger partial charge >= 0.3 is 0 Å². The Kier molecular flexibility index (Phi) is 4.22. The van der Waals surface area contributed by atoms with Crippen molar-refractivity contribution in [2.45, 2.75) is 13.3 Å². The summed E-state index contributed by atoms with van der Waals surface area (Å²) in [5.74, 6) is 0.816. The van der Waals surface area contributed by atoms with Crippen molar-refractivity contribution < 1.29 is 4.39 Å². The molecule has 0 amide bonds. The SMILES string of the molecule is CCNc1ncc(F)c(NCCc2ncn(C)n2)n1. The highest BCUT2D eigenvalue weighted by Gasteiger charge is 2.06. The number of halogens is 1. The van der Waals surface area contributed by atoms with Crippen LogP contribution in [0.15, 0.2) is 12.5 Å². The number of aromatic nitrogens is 5. The number of rotatable bonds is 6. The third-order valence-corrected chi connectivity index (χ3v) is 2.37. The molecular formula is C11H16FN7. The summed E-state index contributed by atoms with van der Waals surface area (Å²) < 4.78 is 15.1. The molecule has 0 spiro atoms. The monoisotopic (exact) mass is 265 g/mol. The second-order valence-electron chi connectivity index (χ2n) is 3.93. The van der Waals surface area contributed by atoms with Crippen molar-refractivity contribution in [2.24, 2.45) is 7.05 Å². The quantitative estimate of drug-likeness (QED) is 0.805. The van der Waals surface area contributed by atoms with Gasteiger partial charge in [0.15, 0.2) is 17.5 Å². The zero-order valence-corrected chi connectivity index (χ0v) is 10.9. The molecule has 0 unspecified atom stereocenters. The Labute approximate surface area is 110 Å². The van der Waals surface area contributed by atoms with Crippen LogP contribution in [0, 0.1) is 5.82 Å². The van der Waals surface area contributed by atoms with E-state index in [1.807, 2.05) is 6.92 Å². The summed E-state index contributed by atoms with van der Waals surface area (Å²) in [5.41, 5.74) is 0. The van der Waals surface area contributed by atoms with Gasteiger partial charge in [0.25, 0.3) is 0 Å². The Morgan fingerprint density at radius 2 is 2.16 bits per heavy atom. The van der Waals surface area contributed by atoms with E-state index in [1.54, 1.807) is 18.1 Å². The number of nitrogens with one attached hydrogen (secondary N) is 2. The highest BCUT2D eigenvalue weighted by Crippen LogP contribution is 2.11. The van der Waals surface area contributed by atoms with E-state index in [4.69, 9.17) is 0 Å². The van der Waals surface area contributed by atoms with Gasteiger partial charge in [0.05, 0.1) is 6.20 Å². The molecule has 0 aliphatic rings. The van der Waals surface area contributed by atoms with Crippen LogP contribution in [-0.4, -0.2) is 37.8 Å². The van der Waals surface area contributed by atoms with E-state index in [1.165, 1.54) is 0 Å². The number of anilines is 2. The summed E-state index contributed by atoms with van der Waals surface area (Å²) >= 11 is 0. The van der Waals surface area contributed by atoms with Crippen LogP contribution in [0.1, 0.15) is 12.7 Å². The van der Waals surface area contributed by atoms with E-state index in [0.717, 1.165) is 6.20 Å². The van der Waals surface area contributed by atoms with Gasteiger partial charge in [-0.25, -0.2) is 14.4 Å². The van der Waals surface area contributed by atoms with Crippen molar-refractivity contribution in [1.29, 1.82) is 0 Å². The minimum Gasteiger partial charge on any atom is -0.367 e. The molecule has 7 nitrogen and oxygen atoms in total. The maximum Gasteiger partial charge on any atom is 0.224 e. The van der Waals surface area contributed by atoms with Crippen molar-refractivity contribution >= 4 is 11.8 Å². The lowest BCUT2D eigenvalue weighted by atomic mass is 10.4. The standard InChI is InChI=1S/C11H16FN7/c1-3-13-11-15-6-8(12)10(17-11)14-5-4-9-16-7-19(2)18-9/h6-7H,3-5H2,1-2H3,(H2,13,14,15,17). The van der Waals surface area contributed by atoms with E-state index in [0.29, 0.717) is 31.3 Å². The van der Waals surface area contributed by atoms with E-state index in [2.05, 4.69) is 30.7 Å². The summed E-state index contributed by atoms with van der Waals surface area (Å²) in [6.07, 6.45) is 3.37. The molecule has 0 aromatic carbocycles. The Bertz CT molecular complexity index is 540. The predicted octanol–water partition coefficient (Wildman–Crippen LogP) is 0.831. The second kappa shape index (κ2) is 6.07. The van der Waals surface area contributed by atoms with Gasteiger partial charge in [0.1, 0.15) is 6.33 Å². The lowest BCUT2D eigenvalue weighted by Crippen LogP contribution is -2.11. The molecule has 8 heteroatoms. The topological polar surface area (TPSA) is 80.5 Å². The van der Waals surface area contributed by atoms with Crippen molar-refractivity contribution in [3.8, 4) is 0 Å². The Balaban J connectivity index is 1.93. The first-order valence-electron chi connectivity index (χ1n) is 6.04. The lowest BCUT2D eigenvalue weighted by molar-refractivity contribution is 0.617. The van der Waals surface area contributed by atoms with Crippen LogP contribution in [0.4, 0.5) is 16.2 Å². The van der Waals surface area contributed by atoms with E-state index < -0.39 is 5.82 Å². The van der Waals surface area contributed by atoms with Gasteiger partial charge in [0.2, 0.25) is 5.95 Å². The average Bonchev–Trinajstić information content (AvgIpc) is 2.79. The fourth-order valence-corrected chi connectivity index (χ4v) is 1.53. The van der Waals surface area contributed by atoms with Crippen molar-refractivity contribution in [2.75, 3.05) is 23.7 Å². The van der Waals surface area contributed by atoms with Crippen LogP contribution >= 0.6 is 0 Å². The largest absolute Gasteiger partial charge is 0.367 e. The molecule has 102 valence electrons. The molecule has 0 aliphatic carbocycles. The minimum absolute atomic E-state index is 0.182. The normalized spacial score (nSPS) is 10.5. The molecule has 0 saturated carbocycles. The van der Waals surface area contributed by atoms with E-state index in [-0.39, 0.29) is 5.82 Å². The molecule has 2 heterocycles. The smallest absolute Gasteiger partial charge is 0.224 e. The van der Waals surface area contributed by atoms with E-state index in [9.17, 15) is 4.39 Å². The second-order valence-corrected chi connectivity index (χ2v) is 3.93. The third-order valence-electron chi connectivity index (χ3n) is 2.37. The summed E-state index contributed by atoms with van der Waals surface area (Å²) in [5, 5.41) is 9.98. The van der Waals surface area contributed by atoms with Gasteiger partial charge in [-0.1, -0.05) is 0 Å². The maximum absolute atomic E-state index is 13.5. The van der Waals surface area contributed by atoms with Gasteiger partial charge in [0, 0.05) is 26.6 Å². The summed E-state index contributed by atoms with van der Waals surface area (Å²) in [6, 6.07) is 0. The van der Waals surface area contributed by atoms with Gasteiger partial charge in [-0.05, 0) is 6.92 Å². The van der Waals surface area contributed by atoms with Crippen LogP contribution in [0.2, 0.25) is 0 Å². The molecule has 2 aromatic rings. The molecule has 0 radical (unpaired) electrons. The molecule has 0 aliphatic heterocycles. The Morgan fingerprint density at radius 3 is 2.84 bits per heavy atom. The Hall–Kier alpha value is -2.25. The summed E-state index contributed by atoms with van der Waals surface area (Å²) in [7, 11) is 1.80. The van der Waals surface area contributed by atoms with Crippen LogP contribution in [0.3, 0.4) is 0 Å². The molecule has 0 saturated heterocycles. The van der Waals surface area contributed by atoms with Crippen LogP contribution in [0.25, 0.3) is 0 Å². The zero-order chi connectivity index (χ0) is 13.7. The van der Waals surface area contributed by atoms with Crippen LogP contribution < -0.4 is 10.6 Å². The highest BCUT2D eigenvalue weighted by molar-refractivity contribution is 5.40. The molecule has 0 bridgehead atoms. The molecule has 0 fully saturated rings. The highest BCUT2D eigenvalue weighted by atomic mass is 19.1. The first-order chi connectivity index (χ1) is 9.19. The number of hydrogen-bond acceptors (Lipinski definition) is 6. The number of aryl methyl sites for hydroxylation is 1. The minimum atomic E-state index is -0.476. The molecule has 0 atom stereocenters. The first-order valence-corrected chi connectivity index (χ1v) is 6.04. The van der Waals surface area contributed by atoms with Crippen molar-refractivity contribution in [3.05, 3.63) is 24.2 Å². The number of nitrogens with zero attached hydrogens (tertiary/aromatic N) is 5. The van der Waals surface area contributed by atoms with Crippen molar-refractivity contribution in [1.82, 2.24) is 24.7 Å². The molecule has 2 aromatic heterocycles.